The van der Waals surface area contributed by atoms with Crippen LogP contribution in [-0.2, 0) is 0 Å². The van der Waals surface area contributed by atoms with Gasteiger partial charge in [-0.15, -0.1) is 0 Å². The Hall–Kier alpha value is -1.26. The van der Waals surface area contributed by atoms with Crippen LogP contribution in [0, 0.1) is 0 Å². The van der Waals surface area contributed by atoms with E-state index in [1.54, 1.807) is 7.11 Å². The summed E-state index contributed by atoms with van der Waals surface area (Å²) in [5.74, 6) is 1.58. The van der Waals surface area contributed by atoms with E-state index in [0.717, 1.165) is 37.6 Å². The standard InChI is InChI=1S/C15H26N2O2/c1-18-14-8-4-5-9-15(14)19-13-12-17-11-7-3-2-6-10-16/h4-5,8-9,17H,2-3,6-7,10-13,16H2,1H3. The Bertz CT molecular complexity index is 332. The summed E-state index contributed by atoms with van der Waals surface area (Å²) in [5, 5.41) is 3.37. The van der Waals surface area contributed by atoms with E-state index < -0.39 is 0 Å². The van der Waals surface area contributed by atoms with Gasteiger partial charge in [-0.05, 0) is 38.1 Å². The molecule has 0 fully saturated rings. The second-order valence-electron chi connectivity index (χ2n) is 4.45. The molecule has 4 nitrogen and oxygen atoms in total. The molecule has 108 valence electrons. The first-order chi connectivity index (χ1) is 9.38. The lowest BCUT2D eigenvalue weighted by Crippen LogP contribution is -2.22. The number of hydrogen-bond acceptors (Lipinski definition) is 4. The molecule has 0 unspecified atom stereocenters. The van der Waals surface area contributed by atoms with Crippen LogP contribution in [-0.4, -0.2) is 33.4 Å². The fourth-order valence-corrected chi connectivity index (χ4v) is 1.84. The lowest BCUT2D eigenvalue weighted by molar-refractivity contribution is 0.292. The SMILES string of the molecule is COc1ccccc1OCCNCCCCCCN. The summed E-state index contributed by atoms with van der Waals surface area (Å²) in [7, 11) is 1.65. The third-order valence-electron chi connectivity index (χ3n) is 2.91. The van der Waals surface area contributed by atoms with E-state index in [1.807, 2.05) is 24.3 Å². The quantitative estimate of drug-likeness (QED) is 0.603. The van der Waals surface area contributed by atoms with Crippen molar-refractivity contribution >= 4 is 0 Å². The van der Waals surface area contributed by atoms with E-state index in [0.29, 0.717) is 6.61 Å². The highest BCUT2D eigenvalue weighted by atomic mass is 16.5. The van der Waals surface area contributed by atoms with E-state index in [-0.39, 0.29) is 0 Å². The van der Waals surface area contributed by atoms with Crippen molar-refractivity contribution in [1.29, 1.82) is 0 Å². The zero-order valence-corrected chi connectivity index (χ0v) is 11.9. The molecule has 1 aromatic carbocycles. The summed E-state index contributed by atoms with van der Waals surface area (Å²) < 4.78 is 10.9. The monoisotopic (exact) mass is 266 g/mol. The van der Waals surface area contributed by atoms with Crippen molar-refractivity contribution in [3.8, 4) is 11.5 Å². The van der Waals surface area contributed by atoms with Crippen molar-refractivity contribution in [2.45, 2.75) is 25.7 Å². The van der Waals surface area contributed by atoms with Crippen LogP contribution in [0.15, 0.2) is 24.3 Å². The fraction of sp³-hybridized carbons (Fsp3) is 0.600. The summed E-state index contributed by atoms with van der Waals surface area (Å²) in [6.45, 7) is 3.36. The van der Waals surface area contributed by atoms with Crippen LogP contribution < -0.4 is 20.5 Å². The van der Waals surface area contributed by atoms with Crippen LogP contribution in [0.1, 0.15) is 25.7 Å². The van der Waals surface area contributed by atoms with Gasteiger partial charge in [0.05, 0.1) is 7.11 Å². The Labute approximate surface area is 116 Å². The highest BCUT2D eigenvalue weighted by molar-refractivity contribution is 5.39. The van der Waals surface area contributed by atoms with Crippen molar-refractivity contribution in [2.24, 2.45) is 5.73 Å². The van der Waals surface area contributed by atoms with Gasteiger partial charge in [-0.25, -0.2) is 0 Å². The zero-order valence-electron chi connectivity index (χ0n) is 11.9. The molecule has 0 aromatic heterocycles. The number of rotatable bonds is 11. The number of benzene rings is 1. The van der Waals surface area contributed by atoms with Gasteiger partial charge in [-0.3, -0.25) is 0 Å². The molecule has 1 aromatic rings. The van der Waals surface area contributed by atoms with Crippen LogP contribution in [0.5, 0.6) is 11.5 Å². The lowest BCUT2D eigenvalue weighted by atomic mass is 10.2. The van der Waals surface area contributed by atoms with Crippen molar-refractivity contribution in [1.82, 2.24) is 5.32 Å². The molecular formula is C15H26N2O2. The zero-order chi connectivity index (χ0) is 13.8. The van der Waals surface area contributed by atoms with Gasteiger partial charge in [0, 0.05) is 6.54 Å². The molecule has 0 aliphatic heterocycles. The molecule has 0 saturated carbocycles. The predicted octanol–water partition coefficient (Wildman–Crippen LogP) is 2.18. The summed E-state index contributed by atoms with van der Waals surface area (Å²) in [4.78, 5) is 0. The number of nitrogens with one attached hydrogen (secondary N) is 1. The van der Waals surface area contributed by atoms with Gasteiger partial charge in [0.15, 0.2) is 11.5 Å². The van der Waals surface area contributed by atoms with Gasteiger partial charge in [0.25, 0.3) is 0 Å². The normalized spacial score (nSPS) is 10.4. The van der Waals surface area contributed by atoms with Gasteiger partial charge >= 0.3 is 0 Å². The third kappa shape index (κ3) is 7.03. The number of nitrogens with two attached hydrogens (primary N) is 1. The first-order valence-corrected chi connectivity index (χ1v) is 7.05. The van der Waals surface area contributed by atoms with Crippen LogP contribution >= 0.6 is 0 Å². The van der Waals surface area contributed by atoms with E-state index in [4.69, 9.17) is 15.2 Å². The fourth-order valence-electron chi connectivity index (χ4n) is 1.84. The Morgan fingerprint density at radius 2 is 1.74 bits per heavy atom. The number of para-hydroxylation sites is 2. The number of unbranched alkanes of at least 4 members (excludes halogenated alkanes) is 3. The Morgan fingerprint density at radius 1 is 1.00 bits per heavy atom. The van der Waals surface area contributed by atoms with Crippen LogP contribution in [0.3, 0.4) is 0 Å². The summed E-state index contributed by atoms with van der Waals surface area (Å²) >= 11 is 0. The van der Waals surface area contributed by atoms with E-state index >= 15 is 0 Å². The average molecular weight is 266 g/mol. The molecule has 0 heterocycles. The van der Waals surface area contributed by atoms with E-state index in [2.05, 4.69) is 5.32 Å². The summed E-state index contributed by atoms with van der Waals surface area (Å²) in [6, 6.07) is 7.71. The number of ether oxygens (including phenoxy) is 2. The molecular weight excluding hydrogens is 240 g/mol. The second-order valence-corrected chi connectivity index (χ2v) is 4.45. The molecule has 19 heavy (non-hydrogen) atoms. The molecule has 0 spiro atoms. The molecule has 0 radical (unpaired) electrons. The van der Waals surface area contributed by atoms with E-state index in [9.17, 15) is 0 Å². The van der Waals surface area contributed by atoms with Gasteiger partial charge in [-0.1, -0.05) is 25.0 Å². The van der Waals surface area contributed by atoms with Crippen LogP contribution in [0.25, 0.3) is 0 Å². The van der Waals surface area contributed by atoms with E-state index in [1.165, 1.54) is 19.3 Å². The van der Waals surface area contributed by atoms with Crippen LogP contribution in [0.4, 0.5) is 0 Å². The topological polar surface area (TPSA) is 56.5 Å². The molecule has 0 atom stereocenters. The number of hydrogen-bond donors (Lipinski definition) is 2. The van der Waals surface area contributed by atoms with Gasteiger partial charge < -0.3 is 20.5 Å². The minimum Gasteiger partial charge on any atom is -0.493 e. The largest absolute Gasteiger partial charge is 0.493 e. The Balaban J connectivity index is 2.01. The summed E-state index contributed by atoms with van der Waals surface area (Å²) in [5.41, 5.74) is 5.45. The van der Waals surface area contributed by atoms with Crippen molar-refractivity contribution in [3.05, 3.63) is 24.3 Å². The van der Waals surface area contributed by atoms with Gasteiger partial charge in [0.2, 0.25) is 0 Å². The third-order valence-corrected chi connectivity index (χ3v) is 2.91. The molecule has 0 aliphatic carbocycles. The van der Waals surface area contributed by atoms with Crippen LogP contribution in [0.2, 0.25) is 0 Å². The van der Waals surface area contributed by atoms with Crippen molar-refractivity contribution < 1.29 is 9.47 Å². The first kappa shape index (κ1) is 15.8. The van der Waals surface area contributed by atoms with Crippen molar-refractivity contribution in [3.63, 3.8) is 0 Å². The molecule has 0 amide bonds. The molecule has 3 N–H and O–H groups in total. The highest BCUT2D eigenvalue weighted by Gasteiger charge is 2.01. The first-order valence-electron chi connectivity index (χ1n) is 7.05. The Kier molecular flexibility index (Phi) is 8.85. The lowest BCUT2D eigenvalue weighted by Gasteiger charge is -2.10. The maximum Gasteiger partial charge on any atom is 0.161 e. The number of methoxy groups -OCH3 is 1. The smallest absolute Gasteiger partial charge is 0.161 e. The Morgan fingerprint density at radius 3 is 2.47 bits per heavy atom. The molecule has 4 heteroatoms. The average Bonchev–Trinajstić information content (AvgIpc) is 2.46. The minimum atomic E-state index is 0.656. The predicted molar refractivity (Wildman–Crippen MR) is 78.9 cm³/mol. The molecule has 0 aliphatic rings. The second kappa shape index (κ2) is 10.6. The maximum atomic E-state index is 5.67. The molecule has 0 saturated heterocycles. The van der Waals surface area contributed by atoms with Crippen molar-refractivity contribution in [2.75, 3.05) is 33.4 Å². The highest BCUT2D eigenvalue weighted by Crippen LogP contribution is 2.25. The summed E-state index contributed by atoms with van der Waals surface area (Å²) in [6.07, 6.45) is 4.82. The minimum absolute atomic E-state index is 0.656. The molecule has 1 rings (SSSR count). The van der Waals surface area contributed by atoms with Gasteiger partial charge in [-0.2, -0.15) is 0 Å². The maximum absolute atomic E-state index is 5.67. The van der Waals surface area contributed by atoms with Gasteiger partial charge in [0.1, 0.15) is 6.61 Å². The molecule has 0 bridgehead atoms.